The number of hydrogen-bond donors (Lipinski definition) is 0. The fourth-order valence-corrected chi connectivity index (χ4v) is 3.71. The zero-order valence-corrected chi connectivity index (χ0v) is 15.0. The summed E-state index contributed by atoms with van der Waals surface area (Å²) in [6.45, 7) is 2.94. The molecule has 2 aromatic heterocycles. The molecule has 0 radical (unpaired) electrons. The lowest BCUT2D eigenvalue weighted by Gasteiger charge is -2.30. The Balaban J connectivity index is 1.72. The highest BCUT2D eigenvalue weighted by Gasteiger charge is 2.28. The molecule has 3 heterocycles. The third-order valence-electron chi connectivity index (χ3n) is 5.34. The van der Waals surface area contributed by atoms with Crippen LogP contribution in [0.4, 0.5) is 0 Å². The molecule has 1 aliphatic rings. The summed E-state index contributed by atoms with van der Waals surface area (Å²) in [4.78, 5) is 15.1. The SMILES string of the molecule is Cc1c(CCC(=O)N2CCCCCC2c2cccn2C)cnn1C. The van der Waals surface area contributed by atoms with Gasteiger partial charge in [-0.3, -0.25) is 9.48 Å². The number of aromatic nitrogens is 3. The van der Waals surface area contributed by atoms with Crippen molar-refractivity contribution < 1.29 is 4.79 Å². The molecular formula is C19H28N4O. The first-order chi connectivity index (χ1) is 11.6. The number of rotatable bonds is 4. The number of carbonyl (C=O) groups is 1. The zero-order valence-electron chi connectivity index (χ0n) is 15.0. The Morgan fingerprint density at radius 2 is 2.12 bits per heavy atom. The topological polar surface area (TPSA) is 43.1 Å². The summed E-state index contributed by atoms with van der Waals surface area (Å²) in [5, 5.41) is 4.28. The minimum atomic E-state index is 0.218. The van der Waals surface area contributed by atoms with Gasteiger partial charge in [0.25, 0.3) is 0 Å². The molecule has 1 saturated heterocycles. The van der Waals surface area contributed by atoms with E-state index in [0.29, 0.717) is 6.42 Å². The van der Waals surface area contributed by atoms with Gasteiger partial charge < -0.3 is 9.47 Å². The van der Waals surface area contributed by atoms with Gasteiger partial charge in [0.2, 0.25) is 5.91 Å². The standard InChI is InChI=1S/C19H28N4O/c1-15-16(14-20-22(15)3)10-11-19(24)23-13-6-4-5-8-18(23)17-9-7-12-21(17)2/h7,9,12,14,18H,4-6,8,10-11,13H2,1-3H3. The van der Waals surface area contributed by atoms with Gasteiger partial charge in [0.1, 0.15) is 0 Å². The van der Waals surface area contributed by atoms with Crippen molar-refractivity contribution in [2.24, 2.45) is 14.1 Å². The van der Waals surface area contributed by atoms with E-state index < -0.39 is 0 Å². The maximum Gasteiger partial charge on any atom is 0.223 e. The van der Waals surface area contributed by atoms with Crippen LogP contribution >= 0.6 is 0 Å². The van der Waals surface area contributed by atoms with E-state index in [1.165, 1.54) is 24.1 Å². The minimum absolute atomic E-state index is 0.218. The van der Waals surface area contributed by atoms with Crippen molar-refractivity contribution in [1.82, 2.24) is 19.2 Å². The average molecular weight is 328 g/mol. The van der Waals surface area contributed by atoms with E-state index in [4.69, 9.17) is 0 Å². The van der Waals surface area contributed by atoms with Crippen LogP contribution in [0.5, 0.6) is 0 Å². The molecule has 3 rings (SSSR count). The maximum atomic E-state index is 12.9. The molecule has 1 atom stereocenters. The lowest BCUT2D eigenvalue weighted by molar-refractivity contribution is -0.133. The smallest absolute Gasteiger partial charge is 0.223 e. The Labute approximate surface area is 144 Å². The van der Waals surface area contributed by atoms with Crippen LogP contribution in [0.15, 0.2) is 24.5 Å². The Kier molecular flexibility index (Phi) is 5.07. The van der Waals surface area contributed by atoms with Crippen molar-refractivity contribution in [2.45, 2.75) is 51.5 Å². The Hall–Kier alpha value is -2.04. The average Bonchev–Trinajstić information content (AvgIpc) is 3.03. The summed E-state index contributed by atoms with van der Waals surface area (Å²) in [5.41, 5.74) is 3.58. The van der Waals surface area contributed by atoms with Gasteiger partial charge in [-0.25, -0.2) is 0 Å². The third kappa shape index (κ3) is 3.40. The van der Waals surface area contributed by atoms with Crippen LogP contribution < -0.4 is 0 Å². The molecule has 0 bridgehead atoms. The first-order valence-corrected chi connectivity index (χ1v) is 8.96. The van der Waals surface area contributed by atoms with E-state index in [1.807, 2.05) is 17.9 Å². The number of carbonyl (C=O) groups excluding carboxylic acids is 1. The molecule has 1 amide bonds. The maximum absolute atomic E-state index is 12.9. The van der Waals surface area contributed by atoms with E-state index in [-0.39, 0.29) is 11.9 Å². The second-order valence-electron chi connectivity index (χ2n) is 6.88. The van der Waals surface area contributed by atoms with Gasteiger partial charge in [0, 0.05) is 44.6 Å². The van der Waals surface area contributed by atoms with Crippen molar-refractivity contribution in [3.8, 4) is 0 Å². The predicted molar refractivity (Wildman–Crippen MR) is 94.6 cm³/mol. The van der Waals surface area contributed by atoms with Gasteiger partial charge in [-0.05, 0) is 43.9 Å². The predicted octanol–water partition coefficient (Wildman–Crippen LogP) is 3.14. The van der Waals surface area contributed by atoms with Crippen LogP contribution in [0.2, 0.25) is 0 Å². The van der Waals surface area contributed by atoms with Crippen molar-refractivity contribution in [2.75, 3.05) is 6.54 Å². The van der Waals surface area contributed by atoms with Gasteiger partial charge in [-0.1, -0.05) is 12.8 Å². The summed E-state index contributed by atoms with van der Waals surface area (Å²) in [7, 11) is 4.02. The van der Waals surface area contributed by atoms with Crippen LogP contribution in [-0.2, 0) is 25.3 Å². The third-order valence-corrected chi connectivity index (χ3v) is 5.34. The van der Waals surface area contributed by atoms with Crippen molar-refractivity contribution in [3.05, 3.63) is 41.5 Å². The molecule has 1 aliphatic heterocycles. The zero-order chi connectivity index (χ0) is 17.1. The van der Waals surface area contributed by atoms with Gasteiger partial charge in [0.15, 0.2) is 0 Å². The molecule has 1 unspecified atom stereocenters. The molecule has 5 nitrogen and oxygen atoms in total. The number of nitrogens with zero attached hydrogens (tertiary/aromatic N) is 4. The first-order valence-electron chi connectivity index (χ1n) is 8.96. The summed E-state index contributed by atoms with van der Waals surface area (Å²) < 4.78 is 4.03. The lowest BCUT2D eigenvalue weighted by atomic mass is 10.1. The molecule has 2 aromatic rings. The quantitative estimate of drug-likeness (QED) is 0.865. The first kappa shape index (κ1) is 16.8. The molecule has 0 aliphatic carbocycles. The van der Waals surface area contributed by atoms with Gasteiger partial charge in [0.05, 0.1) is 12.2 Å². The van der Waals surface area contributed by atoms with Crippen molar-refractivity contribution in [1.29, 1.82) is 0 Å². The normalized spacial score (nSPS) is 18.6. The summed E-state index contributed by atoms with van der Waals surface area (Å²) in [5.74, 6) is 0.270. The Morgan fingerprint density at radius 3 is 2.79 bits per heavy atom. The molecule has 0 saturated carbocycles. The molecule has 0 aromatic carbocycles. The van der Waals surface area contributed by atoms with Crippen LogP contribution in [0.1, 0.15) is 55.1 Å². The van der Waals surface area contributed by atoms with Crippen LogP contribution in [0.25, 0.3) is 0 Å². The molecule has 0 N–H and O–H groups in total. The summed E-state index contributed by atoms with van der Waals surface area (Å²) in [6.07, 6.45) is 9.88. The fraction of sp³-hybridized carbons (Fsp3) is 0.579. The van der Waals surface area contributed by atoms with Gasteiger partial charge in [-0.2, -0.15) is 5.10 Å². The molecule has 1 fully saturated rings. The molecule has 5 heteroatoms. The van der Waals surface area contributed by atoms with E-state index in [2.05, 4.69) is 46.9 Å². The molecule has 24 heavy (non-hydrogen) atoms. The molecule has 130 valence electrons. The van der Waals surface area contributed by atoms with E-state index in [9.17, 15) is 4.79 Å². The highest BCUT2D eigenvalue weighted by atomic mass is 16.2. The highest BCUT2D eigenvalue weighted by Crippen LogP contribution is 2.31. The summed E-state index contributed by atoms with van der Waals surface area (Å²) in [6, 6.07) is 4.44. The van der Waals surface area contributed by atoms with E-state index in [0.717, 1.165) is 31.5 Å². The second-order valence-corrected chi connectivity index (χ2v) is 6.88. The molecule has 0 spiro atoms. The second kappa shape index (κ2) is 7.24. The van der Waals surface area contributed by atoms with Gasteiger partial charge in [-0.15, -0.1) is 0 Å². The number of aryl methyl sites for hydroxylation is 3. The highest BCUT2D eigenvalue weighted by molar-refractivity contribution is 5.77. The van der Waals surface area contributed by atoms with Gasteiger partial charge >= 0.3 is 0 Å². The lowest BCUT2D eigenvalue weighted by Crippen LogP contribution is -2.35. The van der Waals surface area contributed by atoms with Crippen LogP contribution in [0, 0.1) is 6.92 Å². The van der Waals surface area contributed by atoms with Crippen LogP contribution in [-0.4, -0.2) is 31.7 Å². The summed E-state index contributed by atoms with van der Waals surface area (Å²) >= 11 is 0. The van der Waals surface area contributed by atoms with Crippen molar-refractivity contribution in [3.63, 3.8) is 0 Å². The van der Waals surface area contributed by atoms with E-state index >= 15 is 0 Å². The number of hydrogen-bond acceptors (Lipinski definition) is 2. The monoisotopic (exact) mass is 328 g/mol. The number of amides is 1. The van der Waals surface area contributed by atoms with Crippen molar-refractivity contribution >= 4 is 5.91 Å². The number of likely N-dealkylation sites (tertiary alicyclic amines) is 1. The Bertz CT molecular complexity index is 700. The fourth-order valence-electron chi connectivity index (χ4n) is 3.71. The van der Waals surface area contributed by atoms with Crippen LogP contribution in [0.3, 0.4) is 0 Å². The molecular weight excluding hydrogens is 300 g/mol. The largest absolute Gasteiger partial charge is 0.353 e. The minimum Gasteiger partial charge on any atom is -0.353 e. The Morgan fingerprint density at radius 1 is 1.29 bits per heavy atom. The van der Waals surface area contributed by atoms with E-state index in [1.54, 1.807) is 0 Å².